The third-order valence-electron chi connectivity index (χ3n) is 2.97. The molecule has 0 bridgehead atoms. The number of halogens is 2. The van der Waals surface area contributed by atoms with Crippen LogP contribution in [0, 0.1) is 5.82 Å². The minimum absolute atomic E-state index is 0.197. The fourth-order valence-electron chi connectivity index (χ4n) is 1.93. The Hall–Kier alpha value is 0.290. The molecule has 100 valence electrons. The molecule has 2 atom stereocenters. The molecule has 1 aliphatic heterocycles. The van der Waals surface area contributed by atoms with Crippen LogP contribution >= 0.6 is 39.5 Å². The van der Waals surface area contributed by atoms with E-state index in [1.165, 1.54) is 29.4 Å². The summed E-state index contributed by atoms with van der Waals surface area (Å²) in [6.07, 6.45) is 0. The van der Waals surface area contributed by atoms with E-state index in [2.05, 4.69) is 39.9 Å². The first kappa shape index (κ1) is 14.7. The van der Waals surface area contributed by atoms with Gasteiger partial charge in [0.1, 0.15) is 5.82 Å². The largest absolute Gasteiger partial charge is 0.309 e. The lowest BCUT2D eigenvalue weighted by Crippen LogP contribution is -2.31. The lowest BCUT2D eigenvalue weighted by molar-refractivity contribution is 0.571. The van der Waals surface area contributed by atoms with Crippen molar-refractivity contribution in [2.75, 3.05) is 23.8 Å². The van der Waals surface area contributed by atoms with Gasteiger partial charge >= 0.3 is 0 Å². The van der Waals surface area contributed by atoms with Crippen LogP contribution in [0.1, 0.15) is 18.5 Å². The lowest BCUT2D eigenvalue weighted by Gasteiger charge is -2.24. The van der Waals surface area contributed by atoms with Gasteiger partial charge in [0, 0.05) is 39.6 Å². The van der Waals surface area contributed by atoms with Gasteiger partial charge in [0.15, 0.2) is 0 Å². The second-order valence-corrected chi connectivity index (χ2v) is 7.78. The molecule has 0 amide bonds. The second kappa shape index (κ2) is 7.17. The third kappa shape index (κ3) is 4.15. The topological polar surface area (TPSA) is 12.0 Å². The van der Waals surface area contributed by atoms with Crippen molar-refractivity contribution >= 4 is 39.5 Å². The van der Waals surface area contributed by atoms with Crippen LogP contribution in [0.5, 0.6) is 0 Å². The van der Waals surface area contributed by atoms with Gasteiger partial charge in [-0.2, -0.15) is 23.5 Å². The molecular weight excluding hydrogens is 333 g/mol. The van der Waals surface area contributed by atoms with E-state index >= 15 is 0 Å². The average molecular weight is 350 g/mol. The molecule has 5 heteroatoms. The summed E-state index contributed by atoms with van der Waals surface area (Å²) < 4.78 is 13.9. The quantitative estimate of drug-likeness (QED) is 0.879. The molecular formula is C13H17BrFNS2. The van der Waals surface area contributed by atoms with Crippen molar-refractivity contribution in [3.05, 3.63) is 34.1 Å². The Kier molecular flexibility index (Phi) is 5.86. The molecule has 1 aromatic rings. The zero-order valence-corrected chi connectivity index (χ0v) is 13.5. The van der Waals surface area contributed by atoms with Crippen LogP contribution in [-0.2, 0) is 0 Å². The van der Waals surface area contributed by atoms with Crippen molar-refractivity contribution in [3.63, 3.8) is 0 Å². The number of rotatable bonds is 4. The van der Waals surface area contributed by atoms with E-state index in [1.807, 2.05) is 17.8 Å². The predicted molar refractivity (Wildman–Crippen MR) is 84.1 cm³/mol. The van der Waals surface area contributed by atoms with Crippen molar-refractivity contribution in [2.24, 2.45) is 0 Å². The van der Waals surface area contributed by atoms with Crippen molar-refractivity contribution in [1.82, 2.24) is 5.32 Å². The van der Waals surface area contributed by atoms with E-state index < -0.39 is 0 Å². The molecule has 0 spiro atoms. The van der Waals surface area contributed by atoms with Crippen LogP contribution in [0.2, 0.25) is 0 Å². The zero-order chi connectivity index (χ0) is 13.0. The summed E-state index contributed by atoms with van der Waals surface area (Å²) in [4.78, 5) is 0. The maximum Gasteiger partial charge on any atom is 0.124 e. The molecule has 2 unspecified atom stereocenters. The number of nitrogens with one attached hydrogen (secondary N) is 1. The standard InChI is InChI=1S/C13H17BrFNS2/c1-9(12-3-2-10(15)6-13(12)14)16-7-11-8-17-4-5-18-11/h2-3,6,9,11,16H,4-5,7-8H2,1H3. The molecule has 0 aliphatic carbocycles. The summed E-state index contributed by atoms with van der Waals surface area (Å²) in [5.74, 6) is 3.57. The van der Waals surface area contributed by atoms with E-state index in [1.54, 1.807) is 0 Å². The van der Waals surface area contributed by atoms with E-state index in [0.717, 1.165) is 16.6 Å². The highest BCUT2D eigenvalue weighted by atomic mass is 79.9. The summed E-state index contributed by atoms with van der Waals surface area (Å²) in [6.45, 7) is 3.14. The number of hydrogen-bond donors (Lipinski definition) is 1. The summed E-state index contributed by atoms with van der Waals surface area (Å²) in [6, 6.07) is 5.13. The predicted octanol–water partition coefficient (Wildman–Crippen LogP) is 4.09. The average Bonchev–Trinajstić information content (AvgIpc) is 2.37. The van der Waals surface area contributed by atoms with Gasteiger partial charge in [0.2, 0.25) is 0 Å². The van der Waals surface area contributed by atoms with Crippen LogP contribution in [-0.4, -0.2) is 29.1 Å². The van der Waals surface area contributed by atoms with Gasteiger partial charge in [-0.1, -0.05) is 22.0 Å². The molecule has 0 saturated carbocycles. The third-order valence-corrected chi connectivity index (χ3v) is 6.50. The molecule has 1 nitrogen and oxygen atoms in total. The normalized spacial score (nSPS) is 21.8. The van der Waals surface area contributed by atoms with Gasteiger partial charge in [-0.3, -0.25) is 0 Å². The van der Waals surface area contributed by atoms with Crippen molar-refractivity contribution in [1.29, 1.82) is 0 Å². The number of benzene rings is 1. The molecule has 1 saturated heterocycles. The maximum absolute atomic E-state index is 13.0. The molecule has 1 heterocycles. The fourth-order valence-corrected chi connectivity index (χ4v) is 5.24. The van der Waals surface area contributed by atoms with Crippen molar-refractivity contribution < 1.29 is 4.39 Å². The highest BCUT2D eigenvalue weighted by Crippen LogP contribution is 2.26. The Morgan fingerprint density at radius 2 is 2.33 bits per heavy atom. The Labute approximate surface area is 125 Å². The van der Waals surface area contributed by atoms with Gasteiger partial charge < -0.3 is 5.32 Å². The second-order valence-electron chi connectivity index (χ2n) is 4.36. The molecule has 1 aromatic carbocycles. The first-order chi connectivity index (χ1) is 8.66. The molecule has 0 aromatic heterocycles. The SMILES string of the molecule is CC(NCC1CSCCS1)c1ccc(F)cc1Br. The van der Waals surface area contributed by atoms with Gasteiger partial charge in [-0.05, 0) is 24.6 Å². The molecule has 2 rings (SSSR count). The highest BCUT2D eigenvalue weighted by Gasteiger charge is 2.16. The van der Waals surface area contributed by atoms with Crippen molar-refractivity contribution in [2.45, 2.75) is 18.2 Å². The van der Waals surface area contributed by atoms with E-state index in [-0.39, 0.29) is 11.9 Å². The Balaban J connectivity index is 1.88. The monoisotopic (exact) mass is 349 g/mol. The molecule has 1 aliphatic rings. The minimum atomic E-state index is -0.197. The maximum atomic E-state index is 13.0. The molecule has 0 radical (unpaired) electrons. The van der Waals surface area contributed by atoms with E-state index in [0.29, 0.717) is 5.25 Å². The van der Waals surface area contributed by atoms with Crippen LogP contribution in [0.25, 0.3) is 0 Å². The molecule has 18 heavy (non-hydrogen) atoms. The molecule has 1 N–H and O–H groups in total. The summed E-state index contributed by atoms with van der Waals surface area (Å²) >= 11 is 7.51. The van der Waals surface area contributed by atoms with Crippen LogP contribution < -0.4 is 5.32 Å². The van der Waals surface area contributed by atoms with E-state index in [4.69, 9.17) is 0 Å². The van der Waals surface area contributed by atoms with Crippen LogP contribution in [0.15, 0.2) is 22.7 Å². The summed E-state index contributed by atoms with van der Waals surface area (Å²) in [5.41, 5.74) is 1.12. The Morgan fingerprint density at radius 3 is 3.00 bits per heavy atom. The number of thioether (sulfide) groups is 2. The summed E-state index contributed by atoms with van der Waals surface area (Å²) in [5, 5.41) is 4.24. The Morgan fingerprint density at radius 1 is 1.50 bits per heavy atom. The van der Waals surface area contributed by atoms with Crippen LogP contribution in [0.4, 0.5) is 4.39 Å². The highest BCUT2D eigenvalue weighted by molar-refractivity contribution is 9.10. The van der Waals surface area contributed by atoms with Gasteiger partial charge in [0.05, 0.1) is 0 Å². The van der Waals surface area contributed by atoms with Gasteiger partial charge in [-0.15, -0.1) is 0 Å². The lowest BCUT2D eigenvalue weighted by atomic mass is 10.1. The smallest absolute Gasteiger partial charge is 0.124 e. The van der Waals surface area contributed by atoms with Crippen LogP contribution in [0.3, 0.4) is 0 Å². The fraction of sp³-hybridized carbons (Fsp3) is 0.538. The number of hydrogen-bond acceptors (Lipinski definition) is 3. The van der Waals surface area contributed by atoms with E-state index in [9.17, 15) is 4.39 Å². The van der Waals surface area contributed by atoms with Gasteiger partial charge in [-0.25, -0.2) is 4.39 Å². The van der Waals surface area contributed by atoms with Crippen molar-refractivity contribution in [3.8, 4) is 0 Å². The molecule has 1 fully saturated rings. The first-order valence-electron chi connectivity index (χ1n) is 6.04. The zero-order valence-electron chi connectivity index (χ0n) is 10.3. The first-order valence-corrected chi connectivity index (χ1v) is 9.04. The Bertz CT molecular complexity index is 397. The minimum Gasteiger partial charge on any atom is -0.309 e. The van der Waals surface area contributed by atoms with Gasteiger partial charge in [0.25, 0.3) is 0 Å². The summed E-state index contributed by atoms with van der Waals surface area (Å²) in [7, 11) is 0.